The molecule has 1 saturated carbocycles. The number of rotatable bonds is 0. The third-order valence-corrected chi connectivity index (χ3v) is 1.12. The maximum Gasteiger partial charge on any atom is 0.149 e. The van der Waals surface area contributed by atoms with Crippen LogP contribution in [-0.2, 0) is 4.79 Å². The molecule has 0 heterocycles. The summed E-state index contributed by atoms with van der Waals surface area (Å²) in [7, 11) is 0. The molecular formula is C4H7NO. The molecule has 0 bridgehead atoms. The van der Waals surface area contributed by atoms with Gasteiger partial charge in [-0.2, -0.15) is 0 Å². The summed E-state index contributed by atoms with van der Waals surface area (Å²) in [5.74, 6) is 0.218. The van der Waals surface area contributed by atoms with Gasteiger partial charge in [0.05, 0.1) is 6.04 Å². The molecule has 1 fully saturated rings. The highest BCUT2D eigenvalue weighted by atomic mass is 16.1. The summed E-state index contributed by atoms with van der Waals surface area (Å²) < 4.78 is 0. The first-order chi connectivity index (χ1) is 2.80. The molecule has 0 radical (unpaired) electrons. The lowest BCUT2D eigenvalue weighted by Crippen LogP contribution is -2.39. The first-order valence-electron chi connectivity index (χ1n) is 2.09. The fourth-order valence-corrected chi connectivity index (χ4v) is 0.429. The molecule has 1 atom stereocenters. The largest absolute Gasteiger partial charge is 0.321 e. The zero-order valence-electron chi connectivity index (χ0n) is 3.48. The third-order valence-electron chi connectivity index (χ3n) is 1.12. The van der Waals surface area contributed by atoms with Gasteiger partial charge in [0.15, 0.2) is 0 Å². The molecule has 0 amide bonds. The van der Waals surface area contributed by atoms with Crippen LogP contribution in [0.15, 0.2) is 0 Å². The molecule has 0 saturated heterocycles. The second-order valence-corrected chi connectivity index (χ2v) is 1.61. The van der Waals surface area contributed by atoms with Crippen LogP contribution >= 0.6 is 0 Å². The monoisotopic (exact) mass is 85.1 g/mol. The van der Waals surface area contributed by atoms with Crippen molar-refractivity contribution in [1.82, 2.24) is 0 Å². The van der Waals surface area contributed by atoms with E-state index in [1.54, 1.807) is 0 Å². The maximum absolute atomic E-state index is 10.1. The van der Waals surface area contributed by atoms with Gasteiger partial charge >= 0.3 is 0 Å². The number of Topliss-reactive ketones (excluding diaryl/α,β-unsaturated/α-hetero) is 1. The Kier molecular flexibility index (Phi) is 0.665. The van der Waals surface area contributed by atoms with E-state index in [1.807, 2.05) is 0 Å². The molecule has 2 heteroatoms. The number of nitrogens with two attached hydrogens (primary N) is 1. The van der Waals surface area contributed by atoms with Crippen molar-refractivity contribution in [3.05, 3.63) is 0 Å². The van der Waals surface area contributed by atoms with E-state index >= 15 is 0 Å². The lowest BCUT2D eigenvalue weighted by Gasteiger charge is -2.17. The SMILES string of the molecule is NC1CCC1=O. The Morgan fingerprint density at radius 2 is 2.33 bits per heavy atom. The Balaban J connectivity index is 2.39. The molecule has 1 rings (SSSR count). The Morgan fingerprint density at radius 3 is 2.33 bits per heavy atom. The van der Waals surface area contributed by atoms with Gasteiger partial charge in [-0.15, -0.1) is 0 Å². The molecule has 0 aromatic carbocycles. The summed E-state index contributed by atoms with van der Waals surface area (Å²) in [5.41, 5.74) is 5.17. The Bertz CT molecular complexity index is 79.6. The van der Waals surface area contributed by atoms with E-state index in [0.717, 1.165) is 6.42 Å². The molecule has 1 unspecified atom stereocenters. The van der Waals surface area contributed by atoms with Gasteiger partial charge in [-0.05, 0) is 6.42 Å². The van der Waals surface area contributed by atoms with Crippen LogP contribution in [0.3, 0.4) is 0 Å². The minimum atomic E-state index is -0.106. The molecule has 1 aliphatic carbocycles. The lowest BCUT2D eigenvalue weighted by atomic mass is 9.93. The first kappa shape index (κ1) is 3.81. The van der Waals surface area contributed by atoms with Gasteiger partial charge in [0.1, 0.15) is 5.78 Å². The van der Waals surface area contributed by atoms with Crippen LogP contribution in [0.5, 0.6) is 0 Å². The number of hydrogen-bond acceptors (Lipinski definition) is 2. The van der Waals surface area contributed by atoms with Crippen molar-refractivity contribution < 1.29 is 4.79 Å². The van der Waals surface area contributed by atoms with Crippen LogP contribution in [0.1, 0.15) is 12.8 Å². The van der Waals surface area contributed by atoms with Crippen LogP contribution in [-0.4, -0.2) is 11.8 Å². The van der Waals surface area contributed by atoms with Crippen molar-refractivity contribution in [2.75, 3.05) is 0 Å². The van der Waals surface area contributed by atoms with Gasteiger partial charge in [0.25, 0.3) is 0 Å². The Hall–Kier alpha value is -0.370. The number of carbonyl (C=O) groups is 1. The van der Waals surface area contributed by atoms with E-state index in [9.17, 15) is 4.79 Å². The van der Waals surface area contributed by atoms with E-state index in [-0.39, 0.29) is 11.8 Å². The van der Waals surface area contributed by atoms with Crippen LogP contribution in [0.25, 0.3) is 0 Å². The average Bonchev–Trinajstić information content (AvgIpc) is 1.61. The van der Waals surface area contributed by atoms with Crippen LogP contribution in [0, 0.1) is 0 Å². The Morgan fingerprint density at radius 1 is 1.83 bits per heavy atom. The zero-order chi connectivity index (χ0) is 4.57. The minimum absolute atomic E-state index is 0.106. The van der Waals surface area contributed by atoms with E-state index < -0.39 is 0 Å². The quantitative estimate of drug-likeness (QED) is 0.438. The fraction of sp³-hybridized carbons (Fsp3) is 0.750. The van der Waals surface area contributed by atoms with Crippen molar-refractivity contribution in [1.29, 1.82) is 0 Å². The molecule has 6 heavy (non-hydrogen) atoms. The molecule has 2 nitrogen and oxygen atoms in total. The van der Waals surface area contributed by atoms with Crippen molar-refractivity contribution in [2.24, 2.45) is 5.73 Å². The number of ketones is 1. The predicted molar refractivity (Wildman–Crippen MR) is 22.2 cm³/mol. The summed E-state index contributed by atoms with van der Waals surface area (Å²) in [6, 6.07) is -0.106. The third kappa shape index (κ3) is 0.337. The van der Waals surface area contributed by atoms with Gasteiger partial charge in [-0.3, -0.25) is 4.79 Å². The van der Waals surface area contributed by atoms with Gasteiger partial charge in [-0.25, -0.2) is 0 Å². The average molecular weight is 85.1 g/mol. The molecule has 0 aromatic rings. The van der Waals surface area contributed by atoms with Gasteiger partial charge < -0.3 is 5.73 Å². The van der Waals surface area contributed by atoms with Crippen LogP contribution in [0.4, 0.5) is 0 Å². The summed E-state index contributed by atoms with van der Waals surface area (Å²) in [4.78, 5) is 10.1. The van der Waals surface area contributed by atoms with Gasteiger partial charge in [0.2, 0.25) is 0 Å². The smallest absolute Gasteiger partial charge is 0.149 e. The van der Waals surface area contributed by atoms with E-state index in [2.05, 4.69) is 0 Å². The second-order valence-electron chi connectivity index (χ2n) is 1.61. The Labute approximate surface area is 36.3 Å². The van der Waals surface area contributed by atoms with Crippen LogP contribution < -0.4 is 5.73 Å². The van der Waals surface area contributed by atoms with Crippen molar-refractivity contribution >= 4 is 5.78 Å². The minimum Gasteiger partial charge on any atom is -0.321 e. The van der Waals surface area contributed by atoms with E-state index in [4.69, 9.17) is 5.73 Å². The highest BCUT2D eigenvalue weighted by Crippen LogP contribution is 2.09. The van der Waals surface area contributed by atoms with Crippen molar-refractivity contribution in [3.63, 3.8) is 0 Å². The highest BCUT2D eigenvalue weighted by molar-refractivity contribution is 5.89. The molecule has 0 aromatic heterocycles. The second kappa shape index (κ2) is 1.05. The maximum atomic E-state index is 10.1. The normalized spacial score (nSPS) is 32.8. The fourth-order valence-electron chi connectivity index (χ4n) is 0.429. The highest BCUT2D eigenvalue weighted by Gasteiger charge is 2.22. The standard InChI is InChI=1S/C4H7NO/c5-3-1-2-4(3)6/h3H,1-2,5H2. The van der Waals surface area contributed by atoms with Crippen LogP contribution in [0.2, 0.25) is 0 Å². The van der Waals surface area contributed by atoms with Crippen molar-refractivity contribution in [3.8, 4) is 0 Å². The molecular weight excluding hydrogens is 78.0 g/mol. The number of hydrogen-bond donors (Lipinski definition) is 1. The molecule has 0 aliphatic heterocycles. The summed E-state index contributed by atoms with van der Waals surface area (Å²) in [5, 5.41) is 0. The van der Waals surface area contributed by atoms with E-state index in [0.29, 0.717) is 6.42 Å². The molecule has 1 aliphatic rings. The predicted octanol–water partition coefficient (Wildman–Crippen LogP) is -0.323. The lowest BCUT2D eigenvalue weighted by molar-refractivity contribution is -0.125. The summed E-state index contributed by atoms with van der Waals surface area (Å²) in [6.07, 6.45) is 1.61. The van der Waals surface area contributed by atoms with E-state index in [1.165, 1.54) is 0 Å². The van der Waals surface area contributed by atoms with Crippen molar-refractivity contribution in [2.45, 2.75) is 18.9 Å². The summed E-state index contributed by atoms with van der Waals surface area (Å²) in [6.45, 7) is 0. The number of carbonyl (C=O) groups excluding carboxylic acids is 1. The van der Waals surface area contributed by atoms with Gasteiger partial charge in [-0.1, -0.05) is 0 Å². The molecule has 34 valence electrons. The summed E-state index contributed by atoms with van der Waals surface area (Å²) >= 11 is 0. The molecule has 0 spiro atoms. The topological polar surface area (TPSA) is 43.1 Å². The van der Waals surface area contributed by atoms with Gasteiger partial charge in [0, 0.05) is 6.42 Å². The first-order valence-corrected chi connectivity index (χ1v) is 2.09. The molecule has 2 N–H and O–H groups in total. The zero-order valence-corrected chi connectivity index (χ0v) is 3.48.